The number of aromatic carboxylic acids is 1. The molecule has 0 amide bonds. The van der Waals surface area contributed by atoms with Crippen LogP contribution in [0.3, 0.4) is 0 Å². The number of benzene rings is 1. The van der Waals surface area contributed by atoms with Gasteiger partial charge >= 0.3 is 5.97 Å². The minimum Gasteiger partial charge on any atom is -0.488 e. The highest BCUT2D eigenvalue weighted by Crippen LogP contribution is 2.38. The zero-order valence-corrected chi connectivity index (χ0v) is 10.7. The van der Waals surface area contributed by atoms with Gasteiger partial charge in [0.15, 0.2) is 0 Å². The van der Waals surface area contributed by atoms with E-state index in [0.717, 1.165) is 22.2 Å². The molecule has 0 saturated heterocycles. The first-order valence-corrected chi connectivity index (χ1v) is 6.00. The van der Waals surface area contributed by atoms with Crippen molar-refractivity contribution >= 4 is 21.9 Å². The SMILES string of the molecule is CC(C)C1Cc2cc(C(=O)O)cc(Br)c2O1. The van der Waals surface area contributed by atoms with Gasteiger partial charge in [-0.05, 0) is 39.5 Å². The van der Waals surface area contributed by atoms with E-state index in [9.17, 15) is 4.79 Å². The molecule has 1 unspecified atom stereocenters. The summed E-state index contributed by atoms with van der Waals surface area (Å²) in [5.41, 5.74) is 1.28. The molecule has 1 aliphatic heterocycles. The molecule has 0 saturated carbocycles. The highest BCUT2D eigenvalue weighted by atomic mass is 79.9. The summed E-state index contributed by atoms with van der Waals surface area (Å²) < 4.78 is 6.52. The highest BCUT2D eigenvalue weighted by molar-refractivity contribution is 9.10. The average molecular weight is 285 g/mol. The molecule has 0 aliphatic carbocycles. The van der Waals surface area contributed by atoms with Gasteiger partial charge in [0.1, 0.15) is 11.9 Å². The summed E-state index contributed by atoms with van der Waals surface area (Å²) in [7, 11) is 0. The first-order valence-electron chi connectivity index (χ1n) is 5.21. The van der Waals surface area contributed by atoms with Crippen molar-refractivity contribution < 1.29 is 14.6 Å². The van der Waals surface area contributed by atoms with Crippen LogP contribution in [0.2, 0.25) is 0 Å². The predicted molar refractivity (Wildman–Crippen MR) is 64.1 cm³/mol. The van der Waals surface area contributed by atoms with Gasteiger partial charge in [0.2, 0.25) is 0 Å². The van der Waals surface area contributed by atoms with Crippen molar-refractivity contribution in [3.63, 3.8) is 0 Å². The summed E-state index contributed by atoms with van der Waals surface area (Å²) in [4.78, 5) is 10.9. The number of carboxylic acid groups (broad SMARTS) is 1. The van der Waals surface area contributed by atoms with Crippen LogP contribution in [0, 0.1) is 5.92 Å². The topological polar surface area (TPSA) is 46.5 Å². The molecule has 0 bridgehead atoms. The zero-order valence-electron chi connectivity index (χ0n) is 9.16. The van der Waals surface area contributed by atoms with Crippen LogP contribution in [0.4, 0.5) is 0 Å². The zero-order chi connectivity index (χ0) is 11.9. The molecule has 1 aromatic carbocycles. The highest BCUT2D eigenvalue weighted by Gasteiger charge is 2.28. The third-order valence-corrected chi connectivity index (χ3v) is 3.39. The summed E-state index contributed by atoms with van der Waals surface area (Å²) in [6.07, 6.45) is 0.933. The van der Waals surface area contributed by atoms with Crippen LogP contribution in [0.1, 0.15) is 29.8 Å². The normalized spacial score (nSPS) is 18.4. The molecule has 1 heterocycles. The van der Waals surface area contributed by atoms with Gasteiger partial charge < -0.3 is 9.84 Å². The Hall–Kier alpha value is -1.03. The van der Waals surface area contributed by atoms with Gasteiger partial charge in [0.05, 0.1) is 10.0 Å². The van der Waals surface area contributed by atoms with E-state index in [2.05, 4.69) is 29.8 Å². The Labute approximate surface area is 103 Å². The lowest BCUT2D eigenvalue weighted by atomic mass is 10.0. The second kappa shape index (κ2) is 4.09. The van der Waals surface area contributed by atoms with E-state index in [1.165, 1.54) is 0 Å². The van der Waals surface area contributed by atoms with Crippen molar-refractivity contribution in [1.29, 1.82) is 0 Å². The molecule has 2 rings (SSSR count). The summed E-state index contributed by atoms with van der Waals surface area (Å²) in [5.74, 6) is 0.313. The van der Waals surface area contributed by atoms with E-state index < -0.39 is 5.97 Å². The minimum absolute atomic E-state index is 0.148. The number of carboxylic acids is 1. The van der Waals surface area contributed by atoms with Crippen LogP contribution in [0.15, 0.2) is 16.6 Å². The van der Waals surface area contributed by atoms with Crippen LogP contribution in [0.25, 0.3) is 0 Å². The van der Waals surface area contributed by atoms with E-state index in [1.807, 2.05) is 0 Å². The van der Waals surface area contributed by atoms with Crippen LogP contribution >= 0.6 is 15.9 Å². The Kier molecular flexibility index (Phi) is 2.93. The maximum absolute atomic E-state index is 10.9. The van der Waals surface area contributed by atoms with E-state index in [1.54, 1.807) is 12.1 Å². The summed E-state index contributed by atoms with van der Waals surface area (Å²) in [6, 6.07) is 3.29. The second-order valence-corrected chi connectivity index (χ2v) is 5.21. The first kappa shape index (κ1) is 11.5. The van der Waals surface area contributed by atoms with Gasteiger partial charge in [-0.2, -0.15) is 0 Å². The minimum atomic E-state index is -0.906. The van der Waals surface area contributed by atoms with E-state index in [-0.39, 0.29) is 6.10 Å². The monoisotopic (exact) mass is 284 g/mol. The standard InChI is InChI=1S/C12H13BrO3/c1-6(2)10-5-7-3-8(12(14)15)4-9(13)11(7)16-10/h3-4,6,10H,5H2,1-2H3,(H,14,15). The summed E-state index contributed by atoms with van der Waals surface area (Å²) >= 11 is 3.35. The molecule has 1 N–H and O–H groups in total. The molecule has 0 spiro atoms. The quantitative estimate of drug-likeness (QED) is 0.908. The summed E-state index contributed by atoms with van der Waals surface area (Å²) in [5, 5.41) is 8.95. The molecule has 0 fully saturated rings. The summed E-state index contributed by atoms with van der Waals surface area (Å²) in [6.45, 7) is 4.20. The number of carbonyl (C=O) groups is 1. The van der Waals surface area contributed by atoms with Crippen molar-refractivity contribution in [2.75, 3.05) is 0 Å². The molecule has 1 aromatic rings. The van der Waals surface area contributed by atoms with Gasteiger partial charge in [-0.15, -0.1) is 0 Å². The smallest absolute Gasteiger partial charge is 0.335 e. The number of ether oxygens (including phenoxy) is 1. The van der Waals surface area contributed by atoms with Gasteiger partial charge in [0, 0.05) is 6.42 Å². The van der Waals surface area contributed by atoms with Crippen LogP contribution in [-0.4, -0.2) is 17.2 Å². The number of hydrogen-bond acceptors (Lipinski definition) is 2. The lowest BCUT2D eigenvalue weighted by Gasteiger charge is -2.14. The molecular formula is C12H13BrO3. The van der Waals surface area contributed by atoms with Gasteiger partial charge in [0.25, 0.3) is 0 Å². The number of halogens is 1. The van der Waals surface area contributed by atoms with Crippen molar-refractivity contribution in [2.24, 2.45) is 5.92 Å². The maximum Gasteiger partial charge on any atom is 0.335 e. The van der Waals surface area contributed by atoms with Crippen molar-refractivity contribution in [2.45, 2.75) is 26.4 Å². The van der Waals surface area contributed by atoms with Crippen LogP contribution in [-0.2, 0) is 6.42 Å². The number of hydrogen-bond donors (Lipinski definition) is 1. The fourth-order valence-electron chi connectivity index (χ4n) is 1.84. The fourth-order valence-corrected chi connectivity index (χ4v) is 2.43. The largest absolute Gasteiger partial charge is 0.488 e. The number of rotatable bonds is 2. The average Bonchev–Trinajstić information content (AvgIpc) is 2.61. The molecular weight excluding hydrogens is 272 g/mol. The van der Waals surface area contributed by atoms with E-state index in [0.29, 0.717) is 11.5 Å². The Bertz CT molecular complexity index is 440. The van der Waals surface area contributed by atoms with Gasteiger partial charge in [-0.1, -0.05) is 13.8 Å². The van der Waals surface area contributed by atoms with E-state index >= 15 is 0 Å². The maximum atomic E-state index is 10.9. The van der Waals surface area contributed by atoms with Gasteiger partial charge in [-0.3, -0.25) is 0 Å². The number of fused-ring (bicyclic) bond motifs is 1. The molecule has 4 heteroatoms. The lowest BCUT2D eigenvalue weighted by molar-refractivity contribution is 0.0696. The molecule has 1 atom stereocenters. The molecule has 1 aliphatic rings. The molecule has 86 valence electrons. The van der Waals surface area contributed by atoms with Crippen molar-refractivity contribution in [3.05, 3.63) is 27.7 Å². The van der Waals surface area contributed by atoms with Crippen LogP contribution < -0.4 is 4.74 Å². The Morgan fingerprint density at radius 2 is 2.25 bits per heavy atom. The van der Waals surface area contributed by atoms with Crippen molar-refractivity contribution in [3.8, 4) is 5.75 Å². The van der Waals surface area contributed by atoms with Gasteiger partial charge in [-0.25, -0.2) is 4.79 Å². The Morgan fingerprint density at radius 1 is 1.56 bits per heavy atom. The van der Waals surface area contributed by atoms with E-state index in [4.69, 9.17) is 9.84 Å². The fraction of sp³-hybridized carbons (Fsp3) is 0.417. The predicted octanol–water partition coefficient (Wildman–Crippen LogP) is 3.11. The molecule has 3 nitrogen and oxygen atoms in total. The third-order valence-electron chi connectivity index (χ3n) is 2.80. The Balaban J connectivity index is 2.38. The first-order chi connectivity index (χ1) is 7.49. The molecule has 16 heavy (non-hydrogen) atoms. The van der Waals surface area contributed by atoms with Crippen LogP contribution in [0.5, 0.6) is 5.75 Å². The third kappa shape index (κ3) is 1.94. The Morgan fingerprint density at radius 3 is 2.81 bits per heavy atom. The molecule has 0 radical (unpaired) electrons. The second-order valence-electron chi connectivity index (χ2n) is 4.36. The lowest BCUT2D eigenvalue weighted by Crippen LogP contribution is -2.19. The van der Waals surface area contributed by atoms with Crippen molar-refractivity contribution in [1.82, 2.24) is 0 Å². The molecule has 0 aromatic heterocycles.